The van der Waals surface area contributed by atoms with Gasteiger partial charge < -0.3 is 14.9 Å². The molecule has 0 saturated heterocycles. The number of ether oxygens (including phenoxy) is 1. The summed E-state index contributed by atoms with van der Waals surface area (Å²) in [4.78, 5) is 20.7. The number of rotatable bonds is 9. The molecular weight excluding hydrogens is 468 g/mol. The van der Waals surface area contributed by atoms with E-state index in [0.717, 1.165) is 5.56 Å². The minimum absolute atomic E-state index is 0.0831. The first-order valence-electron chi connectivity index (χ1n) is 11.8. The summed E-state index contributed by atoms with van der Waals surface area (Å²) in [7, 11) is 0. The van der Waals surface area contributed by atoms with Gasteiger partial charge in [0.15, 0.2) is 12.0 Å². The van der Waals surface area contributed by atoms with E-state index >= 15 is 0 Å². The average Bonchev–Trinajstić information content (AvgIpc) is 3.18. The molecule has 3 aromatic rings. The van der Waals surface area contributed by atoms with Crippen LogP contribution in [0.3, 0.4) is 0 Å². The summed E-state index contributed by atoms with van der Waals surface area (Å²) in [5.74, 6) is 1.37. The molecule has 0 spiro atoms. The number of halogens is 1. The highest BCUT2D eigenvalue weighted by Crippen LogP contribution is 2.39. The van der Waals surface area contributed by atoms with Gasteiger partial charge in [-0.1, -0.05) is 49.7 Å². The topological polar surface area (TPSA) is 91.1 Å². The molecule has 0 aliphatic carbocycles. The van der Waals surface area contributed by atoms with Crippen LogP contribution in [0.25, 0.3) is 0 Å². The van der Waals surface area contributed by atoms with Crippen LogP contribution in [0.15, 0.2) is 48.5 Å². The van der Waals surface area contributed by atoms with Crippen LogP contribution in [0.4, 0.5) is 10.6 Å². The fourth-order valence-corrected chi connectivity index (χ4v) is 4.28. The van der Waals surface area contributed by atoms with Crippen molar-refractivity contribution >= 4 is 23.4 Å². The summed E-state index contributed by atoms with van der Waals surface area (Å²) in [6.07, 6.45) is -0.876. The lowest BCUT2D eigenvalue weighted by Crippen LogP contribution is -2.50. The van der Waals surface area contributed by atoms with E-state index in [9.17, 15) is 15.0 Å². The third kappa shape index (κ3) is 5.15. The van der Waals surface area contributed by atoms with Crippen LogP contribution in [-0.4, -0.2) is 50.4 Å². The van der Waals surface area contributed by atoms with Crippen molar-refractivity contribution in [3.8, 4) is 11.8 Å². The number of hydrogen-bond donors (Lipinski definition) is 2. The molecule has 1 atom stereocenters. The van der Waals surface area contributed by atoms with E-state index in [0.29, 0.717) is 47.7 Å². The quantitative estimate of drug-likeness (QED) is 0.426. The molecule has 2 aromatic carbocycles. The maximum absolute atomic E-state index is 13.1. The Balaban J connectivity index is 1.79. The first-order valence-corrected chi connectivity index (χ1v) is 12.2. The predicted octanol–water partition coefficient (Wildman–Crippen LogP) is 5.14. The average molecular weight is 499 g/mol. The largest absolute Gasteiger partial charge is 0.425 e. The highest BCUT2D eigenvalue weighted by atomic mass is 35.5. The molecule has 9 heteroatoms. The van der Waals surface area contributed by atoms with E-state index in [-0.39, 0.29) is 25.2 Å². The second-order valence-corrected chi connectivity index (χ2v) is 9.25. The molecule has 0 saturated carbocycles. The number of aliphatic hydroxyl groups excluding tert-OH is 2. The van der Waals surface area contributed by atoms with Crippen molar-refractivity contribution in [1.82, 2.24) is 14.5 Å². The molecule has 4 rings (SSSR count). The Kier molecular flexibility index (Phi) is 7.64. The van der Waals surface area contributed by atoms with Crippen molar-refractivity contribution in [3.63, 3.8) is 0 Å². The number of urea groups is 1. The van der Waals surface area contributed by atoms with Gasteiger partial charge in [-0.05, 0) is 54.7 Å². The van der Waals surface area contributed by atoms with Crippen molar-refractivity contribution in [1.29, 1.82) is 0 Å². The molecule has 0 bridgehead atoms. The summed E-state index contributed by atoms with van der Waals surface area (Å²) in [5, 5.41) is 21.2. The lowest BCUT2D eigenvalue weighted by Gasteiger charge is -2.38. The molecule has 0 radical (unpaired) electrons. The minimum Gasteiger partial charge on any atom is -0.425 e. The van der Waals surface area contributed by atoms with Crippen LogP contribution in [0.1, 0.15) is 56.2 Å². The Bertz CT molecular complexity index is 1160. The van der Waals surface area contributed by atoms with E-state index in [4.69, 9.17) is 16.3 Å². The number of amides is 2. The van der Waals surface area contributed by atoms with Crippen molar-refractivity contribution < 1.29 is 19.7 Å². The highest BCUT2D eigenvalue weighted by molar-refractivity contribution is 6.30. The number of anilines is 1. The van der Waals surface area contributed by atoms with Crippen molar-refractivity contribution in [3.05, 3.63) is 70.4 Å². The monoisotopic (exact) mass is 498 g/mol. The van der Waals surface area contributed by atoms with E-state index in [1.807, 2.05) is 43.3 Å². The van der Waals surface area contributed by atoms with Crippen LogP contribution >= 0.6 is 11.6 Å². The van der Waals surface area contributed by atoms with Gasteiger partial charge in [0.05, 0.1) is 6.54 Å². The Hall–Kier alpha value is -3.07. The van der Waals surface area contributed by atoms with Crippen LogP contribution in [0, 0.1) is 0 Å². The van der Waals surface area contributed by atoms with Crippen LogP contribution < -0.4 is 9.64 Å². The van der Waals surface area contributed by atoms with Gasteiger partial charge in [0.2, 0.25) is 0 Å². The maximum Gasteiger partial charge on any atom is 0.328 e. The molecule has 2 N–H and O–H groups in total. The molecule has 1 unspecified atom stereocenters. The zero-order valence-electron chi connectivity index (χ0n) is 20.2. The van der Waals surface area contributed by atoms with Crippen LogP contribution in [0.5, 0.6) is 11.8 Å². The predicted molar refractivity (Wildman–Crippen MR) is 135 cm³/mol. The van der Waals surface area contributed by atoms with Gasteiger partial charge in [-0.2, -0.15) is 4.98 Å². The fraction of sp³-hybridized carbons (Fsp3) is 0.385. The lowest BCUT2D eigenvalue weighted by atomic mass is 10.0. The molecule has 0 fully saturated rings. The Morgan fingerprint density at radius 1 is 1.11 bits per heavy atom. The van der Waals surface area contributed by atoms with Crippen molar-refractivity contribution in [2.75, 3.05) is 24.6 Å². The summed E-state index contributed by atoms with van der Waals surface area (Å²) >= 11 is 6.07. The number of carbonyl (C=O) groups excluding carboxylic acids is 1. The zero-order valence-corrected chi connectivity index (χ0v) is 20.9. The van der Waals surface area contributed by atoms with Gasteiger partial charge in [-0.25, -0.2) is 4.79 Å². The van der Waals surface area contributed by atoms with Crippen molar-refractivity contribution in [2.45, 2.75) is 45.9 Å². The molecule has 35 heavy (non-hydrogen) atoms. The summed E-state index contributed by atoms with van der Waals surface area (Å²) < 4.78 is 8.00. The number of aromatic nitrogens is 2. The summed E-state index contributed by atoms with van der Waals surface area (Å²) in [6.45, 7) is 6.97. The number of imidazole rings is 1. The lowest BCUT2D eigenvalue weighted by molar-refractivity contribution is 0.0185. The summed E-state index contributed by atoms with van der Waals surface area (Å²) in [6, 6.07) is 15.1. The van der Waals surface area contributed by atoms with Gasteiger partial charge in [-0.15, -0.1) is 0 Å². The first-order chi connectivity index (χ1) is 16.8. The number of nitrogens with zero attached hydrogens (tertiary/aromatic N) is 4. The SMILES string of the molecule is CCN1C(=O)N(CCCO)C(O)c2c1nc(Oc1ccc(C(C)C)cc1)n2Cc1ccc(Cl)cc1. The summed E-state index contributed by atoms with van der Waals surface area (Å²) in [5.41, 5.74) is 2.59. The van der Waals surface area contributed by atoms with Crippen molar-refractivity contribution in [2.24, 2.45) is 0 Å². The minimum atomic E-state index is -1.23. The van der Waals surface area contributed by atoms with Crippen LogP contribution in [-0.2, 0) is 6.54 Å². The molecule has 2 heterocycles. The number of fused-ring (bicyclic) bond motifs is 1. The number of benzene rings is 2. The van der Waals surface area contributed by atoms with Crippen LogP contribution in [0.2, 0.25) is 5.02 Å². The highest BCUT2D eigenvalue weighted by Gasteiger charge is 2.41. The third-order valence-corrected chi connectivity index (χ3v) is 6.36. The molecule has 1 aromatic heterocycles. The molecule has 186 valence electrons. The van der Waals surface area contributed by atoms with Gasteiger partial charge in [-0.3, -0.25) is 14.4 Å². The van der Waals surface area contributed by atoms with E-state index in [1.54, 1.807) is 16.7 Å². The normalized spacial score (nSPS) is 15.6. The van der Waals surface area contributed by atoms with Gasteiger partial charge in [0, 0.05) is 24.7 Å². The molecular formula is C26H31ClN4O4. The third-order valence-electron chi connectivity index (χ3n) is 6.11. The van der Waals surface area contributed by atoms with E-state index in [1.165, 1.54) is 15.4 Å². The molecule has 1 aliphatic rings. The number of hydrogen-bond acceptors (Lipinski definition) is 5. The van der Waals surface area contributed by atoms with E-state index in [2.05, 4.69) is 18.8 Å². The second kappa shape index (κ2) is 10.7. The van der Waals surface area contributed by atoms with E-state index < -0.39 is 6.23 Å². The first kappa shape index (κ1) is 25.0. The van der Waals surface area contributed by atoms with Gasteiger partial charge >= 0.3 is 12.0 Å². The second-order valence-electron chi connectivity index (χ2n) is 8.81. The molecule has 8 nitrogen and oxygen atoms in total. The maximum atomic E-state index is 13.1. The van der Waals surface area contributed by atoms with Gasteiger partial charge in [0.25, 0.3) is 0 Å². The Morgan fingerprint density at radius 3 is 2.40 bits per heavy atom. The Morgan fingerprint density at radius 2 is 1.80 bits per heavy atom. The van der Waals surface area contributed by atoms with Gasteiger partial charge in [0.1, 0.15) is 11.4 Å². The smallest absolute Gasteiger partial charge is 0.328 e. The number of carbonyl (C=O) groups is 1. The zero-order chi connectivity index (χ0) is 25.1. The fourth-order valence-electron chi connectivity index (χ4n) is 4.16. The number of aliphatic hydroxyl groups is 2. The Labute approximate surface area is 210 Å². The standard InChI is InChI=1S/C26H31ClN4O4/c1-4-29-23-22(24(33)30(26(29)34)14-5-15-32)31(16-18-6-10-20(27)11-7-18)25(28-23)35-21-12-8-19(9-13-21)17(2)3/h6-13,17,24,32-33H,4-5,14-16H2,1-3H3. The molecule has 1 aliphatic heterocycles. The molecule has 2 amide bonds.